The lowest BCUT2D eigenvalue weighted by Gasteiger charge is -2.04. The van der Waals surface area contributed by atoms with Gasteiger partial charge in [-0.1, -0.05) is 23.4 Å². The van der Waals surface area contributed by atoms with Crippen LogP contribution >= 0.6 is 11.9 Å². The van der Waals surface area contributed by atoms with Gasteiger partial charge in [-0.25, -0.2) is 4.98 Å². The zero-order valence-corrected chi connectivity index (χ0v) is 19.0. The van der Waals surface area contributed by atoms with Crippen LogP contribution in [0.1, 0.15) is 11.3 Å². The maximum Gasteiger partial charge on any atom is 0.138 e. The van der Waals surface area contributed by atoms with E-state index in [4.69, 9.17) is 9.72 Å². The largest absolute Gasteiger partial charge is 0.487 e. The molecule has 2 N–H and O–H groups in total. The Balaban J connectivity index is 1.11. The first-order valence-corrected chi connectivity index (χ1v) is 11.7. The minimum Gasteiger partial charge on any atom is -0.487 e. The number of hydrogen-bond donors (Lipinski definition) is 2. The molecule has 1 aliphatic rings. The molecule has 5 aromatic rings. The third-order valence-electron chi connectivity index (χ3n) is 5.41. The first-order valence-electron chi connectivity index (χ1n) is 11.0. The molecule has 1 aliphatic heterocycles. The van der Waals surface area contributed by atoms with Gasteiger partial charge in [0.1, 0.15) is 29.7 Å². The molecule has 0 bridgehead atoms. The number of imidazole rings is 1. The van der Waals surface area contributed by atoms with Crippen LogP contribution in [0, 0.1) is 0 Å². The quantitative estimate of drug-likeness (QED) is 0.371. The number of rotatable bonds is 7. The van der Waals surface area contributed by atoms with Crippen LogP contribution in [0.2, 0.25) is 0 Å². The van der Waals surface area contributed by atoms with Gasteiger partial charge in [0.15, 0.2) is 0 Å². The van der Waals surface area contributed by atoms with Crippen LogP contribution in [-0.4, -0.2) is 43.3 Å². The number of aromatic amines is 1. The summed E-state index contributed by atoms with van der Waals surface area (Å²) in [6, 6.07) is 24.1. The first-order chi connectivity index (χ1) is 16.8. The molecule has 9 heteroatoms. The fourth-order valence-corrected chi connectivity index (χ4v) is 4.47. The monoisotopic (exact) mass is 467 g/mol. The third kappa shape index (κ3) is 4.38. The Hall–Kier alpha value is -4.11. The fraction of sp³-hybridized carbons (Fsp3) is 0.120. The summed E-state index contributed by atoms with van der Waals surface area (Å²) in [5.74, 6) is 2.52. The van der Waals surface area contributed by atoms with Crippen molar-refractivity contribution in [2.24, 2.45) is 4.99 Å². The lowest BCUT2D eigenvalue weighted by molar-refractivity contribution is 0.301. The SMILES string of the molecule is c1ccc(Sn2cc(COc3ccc(-c4nc5ccc(C6=NCCN6)cc5[nH]4)cc3)nn2)cc1. The molecule has 0 aliphatic carbocycles. The van der Waals surface area contributed by atoms with E-state index >= 15 is 0 Å². The van der Waals surface area contributed by atoms with Crippen LogP contribution in [0.15, 0.2) is 88.9 Å². The van der Waals surface area contributed by atoms with E-state index in [-0.39, 0.29) is 0 Å². The molecule has 0 radical (unpaired) electrons. The molecule has 8 nitrogen and oxygen atoms in total. The van der Waals surface area contributed by atoms with Crippen molar-refractivity contribution in [2.45, 2.75) is 11.5 Å². The van der Waals surface area contributed by atoms with Crippen molar-refractivity contribution in [3.05, 3.63) is 90.3 Å². The second-order valence-electron chi connectivity index (χ2n) is 7.80. The normalized spacial score (nSPS) is 13.1. The zero-order chi connectivity index (χ0) is 22.7. The highest BCUT2D eigenvalue weighted by Crippen LogP contribution is 2.24. The zero-order valence-electron chi connectivity index (χ0n) is 18.2. The molecule has 0 spiro atoms. The number of aromatic nitrogens is 5. The van der Waals surface area contributed by atoms with Crippen LogP contribution in [0.4, 0.5) is 0 Å². The van der Waals surface area contributed by atoms with Gasteiger partial charge < -0.3 is 15.0 Å². The molecule has 0 saturated carbocycles. The van der Waals surface area contributed by atoms with E-state index in [1.54, 1.807) is 4.09 Å². The standard InChI is InChI=1S/C25H21N7OS/c1-2-4-21(5-3-1)34-32-15-19(30-31-32)16-33-20-9-6-17(7-10-20)25-28-22-11-8-18(14-23(22)29-25)24-26-12-13-27-24/h1-11,14-15H,12-13,16H2,(H,26,27)(H,28,29). The van der Waals surface area contributed by atoms with E-state index in [1.165, 1.54) is 11.9 Å². The number of fused-ring (bicyclic) bond motifs is 1. The number of benzene rings is 3. The van der Waals surface area contributed by atoms with Crippen molar-refractivity contribution in [2.75, 3.05) is 13.1 Å². The Morgan fingerprint density at radius 2 is 1.82 bits per heavy atom. The topological polar surface area (TPSA) is 93.0 Å². The predicted octanol–water partition coefficient (Wildman–Crippen LogP) is 4.31. The molecule has 3 heterocycles. The van der Waals surface area contributed by atoms with E-state index in [0.29, 0.717) is 6.61 Å². The van der Waals surface area contributed by atoms with Gasteiger partial charge >= 0.3 is 0 Å². The maximum atomic E-state index is 5.90. The van der Waals surface area contributed by atoms with Crippen LogP contribution in [0.5, 0.6) is 5.75 Å². The average molecular weight is 468 g/mol. The summed E-state index contributed by atoms with van der Waals surface area (Å²) < 4.78 is 7.64. The molecular formula is C25H21N7OS. The van der Waals surface area contributed by atoms with Gasteiger partial charge in [0.25, 0.3) is 0 Å². The smallest absolute Gasteiger partial charge is 0.138 e. The first kappa shape index (κ1) is 20.5. The van der Waals surface area contributed by atoms with E-state index in [0.717, 1.165) is 63.2 Å². The highest BCUT2D eigenvalue weighted by molar-refractivity contribution is 7.97. The van der Waals surface area contributed by atoms with E-state index in [2.05, 4.69) is 37.7 Å². The summed E-state index contributed by atoms with van der Waals surface area (Å²) in [4.78, 5) is 13.7. The number of H-pyrrole nitrogens is 1. The highest BCUT2D eigenvalue weighted by Gasteiger charge is 2.11. The molecule has 0 amide bonds. The molecule has 0 unspecified atom stereocenters. The van der Waals surface area contributed by atoms with Crippen molar-refractivity contribution in [1.29, 1.82) is 0 Å². The summed E-state index contributed by atoms with van der Waals surface area (Å²) in [5.41, 5.74) is 4.74. The Morgan fingerprint density at radius 1 is 0.971 bits per heavy atom. The molecule has 3 aromatic carbocycles. The minimum atomic E-state index is 0.347. The number of ether oxygens (including phenoxy) is 1. The molecule has 0 fully saturated rings. The summed E-state index contributed by atoms with van der Waals surface area (Å²) in [7, 11) is 0. The van der Waals surface area contributed by atoms with Crippen LogP contribution < -0.4 is 10.1 Å². The third-order valence-corrected chi connectivity index (χ3v) is 6.26. The number of nitrogens with zero attached hydrogens (tertiary/aromatic N) is 5. The Kier molecular flexibility index (Phi) is 5.44. The summed E-state index contributed by atoms with van der Waals surface area (Å²) >= 11 is 1.51. The highest BCUT2D eigenvalue weighted by atomic mass is 32.2. The second kappa shape index (κ2) is 9.03. The number of amidine groups is 1. The van der Waals surface area contributed by atoms with Gasteiger partial charge in [0.2, 0.25) is 0 Å². The van der Waals surface area contributed by atoms with Gasteiger partial charge in [-0.3, -0.25) is 4.99 Å². The van der Waals surface area contributed by atoms with Crippen molar-refractivity contribution < 1.29 is 4.74 Å². The minimum absolute atomic E-state index is 0.347. The average Bonchev–Trinajstić information content (AvgIpc) is 3.64. The number of aliphatic imine (C=N–C) groups is 1. The molecule has 168 valence electrons. The lowest BCUT2D eigenvalue weighted by atomic mass is 10.2. The molecule has 2 aromatic heterocycles. The van der Waals surface area contributed by atoms with Crippen LogP contribution in [0.25, 0.3) is 22.4 Å². The molecule has 6 rings (SSSR count). The van der Waals surface area contributed by atoms with Gasteiger partial charge in [-0.15, -0.1) is 5.10 Å². The molecular weight excluding hydrogens is 446 g/mol. The van der Waals surface area contributed by atoms with E-state index < -0.39 is 0 Å². The molecule has 0 atom stereocenters. The van der Waals surface area contributed by atoms with E-state index in [9.17, 15) is 0 Å². The van der Waals surface area contributed by atoms with Crippen molar-refractivity contribution >= 4 is 28.8 Å². The van der Waals surface area contributed by atoms with Gasteiger partial charge in [0, 0.05) is 34.5 Å². The van der Waals surface area contributed by atoms with Crippen molar-refractivity contribution in [3.63, 3.8) is 0 Å². The summed E-state index contributed by atoms with van der Waals surface area (Å²) in [6.45, 7) is 2.06. The Bertz CT molecular complexity index is 1460. The van der Waals surface area contributed by atoms with E-state index in [1.807, 2.05) is 66.9 Å². The Labute approximate surface area is 200 Å². The molecule has 0 saturated heterocycles. The molecule has 34 heavy (non-hydrogen) atoms. The fourth-order valence-electron chi connectivity index (χ4n) is 3.73. The second-order valence-corrected chi connectivity index (χ2v) is 8.83. The predicted molar refractivity (Wildman–Crippen MR) is 133 cm³/mol. The van der Waals surface area contributed by atoms with Gasteiger partial charge in [-0.05, 0) is 54.6 Å². The number of nitrogens with one attached hydrogen (secondary N) is 2. The van der Waals surface area contributed by atoms with Crippen molar-refractivity contribution in [3.8, 4) is 17.1 Å². The van der Waals surface area contributed by atoms with Crippen LogP contribution in [-0.2, 0) is 6.61 Å². The van der Waals surface area contributed by atoms with Gasteiger partial charge in [0.05, 0.1) is 23.8 Å². The summed E-state index contributed by atoms with van der Waals surface area (Å²) in [5, 5.41) is 11.7. The number of hydrogen-bond acceptors (Lipinski definition) is 7. The Morgan fingerprint density at radius 3 is 2.65 bits per heavy atom. The summed E-state index contributed by atoms with van der Waals surface area (Å²) in [6.07, 6.45) is 1.88. The van der Waals surface area contributed by atoms with Crippen LogP contribution in [0.3, 0.4) is 0 Å². The van der Waals surface area contributed by atoms with Crippen molar-refractivity contribution in [1.82, 2.24) is 29.7 Å². The van der Waals surface area contributed by atoms with Gasteiger partial charge in [-0.2, -0.15) is 4.09 Å². The lowest BCUT2D eigenvalue weighted by Crippen LogP contribution is -2.19. The maximum absolute atomic E-state index is 5.90.